The molecule has 0 aromatic heterocycles. The Kier molecular flexibility index (Phi) is 11.1. The number of fused-ring (bicyclic) bond motifs is 2. The molecule has 5 atom stereocenters. The molecule has 6 saturated carbocycles. The van der Waals surface area contributed by atoms with Gasteiger partial charge in [0.25, 0.3) is 0 Å². The summed E-state index contributed by atoms with van der Waals surface area (Å²) in [6.07, 6.45) is 3.11. The van der Waals surface area contributed by atoms with E-state index in [9.17, 15) is 19.2 Å². The largest absolute Gasteiger partial charge is 0.467 e. The van der Waals surface area contributed by atoms with Crippen molar-refractivity contribution in [2.75, 3.05) is 14.2 Å². The fraction of sp³-hybridized carbons (Fsp3) is 0.543. The Morgan fingerprint density at radius 3 is 1.56 bits per heavy atom. The lowest BCUT2D eigenvalue weighted by Gasteiger charge is -2.38. The van der Waals surface area contributed by atoms with Gasteiger partial charge in [-0.25, -0.2) is 19.2 Å². The molecule has 4 bridgehead atoms. The van der Waals surface area contributed by atoms with Crippen LogP contribution in [0.3, 0.4) is 0 Å². The third-order valence-corrected chi connectivity index (χ3v) is 9.87. The Labute approximate surface area is 265 Å². The molecule has 6 fully saturated rings. The number of amides is 2. The minimum Gasteiger partial charge on any atom is -0.467 e. The van der Waals surface area contributed by atoms with Crippen molar-refractivity contribution < 1.29 is 38.1 Å². The molecule has 10 nitrogen and oxygen atoms in total. The van der Waals surface area contributed by atoms with Gasteiger partial charge in [0.05, 0.1) is 14.2 Å². The summed E-state index contributed by atoms with van der Waals surface area (Å²) in [6, 6.07) is 18.9. The van der Waals surface area contributed by atoms with Crippen molar-refractivity contribution in [2.24, 2.45) is 29.6 Å². The number of nitrogens with one attached hydrogen (secondary N) is 2. The van der Waals surface area contributed by atoms with Crippen molar-refractivity contribution in [1.29, 1.82) is 0 Å². The number of alkyl carbamates (subject to hydrolysis) is 2. The van der Waals surface area contributed by atoms with Gasteiger partial charge < -0.3 is 29.6 Å². The summed E-state index contributed by atoms with van der Waals surface area (Å²) in [5, 5.41) is 5.57. The van der Waals surface area contributed by atoms with Crippen molar-refractivity contribution in [3.8, 4) is 0 Å². The Morgan fingerprint density at radius 2 is 1.18 bits per heavy atom. The first-order valence-electron chi connectivity index (χ1n) is 15.8. The van der Waals surface area contributed by atoms with Gasteiger partial charge in [-0.15, -0.1) is 0 Å². The third kappa shape index (κ3) is 7.10. The Bertz CT molecular complexity index is 1320. The molecule has 0 spiro atoms. The molecule has 45 heavy (non-hydrogen) atoms. The maximum Gasteiger partial charge on any atom is 0.408 e. The highest BCUT2D eigenvalue weighted by molar-refractivity contribution is 5.88. The number of hydrogen-bond acceptors (Lipinski definition) is 8. The number of carbonyl (C=O) groups is 4. The van der Waals surface area contributed by atoms with Crippen LogP contribution >= 0.6 is 0 Å². The Morgan fingerprint density at radius 1 is 0.711 bits per heavy atom. The van der Waals surface area contributed by atoms with Gasteiger partial charge in [-0.05, 0) is 72.8 Å². The van der Waals surface area contributed by atoms with Crippen LogP contribution in [0.5, 0.6) is 0 Å². The Balaban J connectivity index is 0.000000194. The van der Waals surface area contributed by atoms with Crippen LogP contribution in [0.25, 0.3) is 0 Å². The van der Waals surface area contributed by atoms with Gasteiger partial charge in [-0.2, -0.15) is 0 Å². The molecule has 10 heteroatoms. The molecular formula is C35H46N2O8. The zero-order chi connectivity index (χ0) is 32.6. The van der Waals surface area contributed by atoms with Crippen LogP contribution in [-0.2, 0) is 41.8 Å². The molecule has 0 saturated heterocycles. The minimum absolute atomic E-state index is 0.147. The highest BCUT2D eigenvalue weighted by atomic mass is 16.6. The first-order chi connectivity index (χ1) is 21.7. The molecule has 2 aromatic rings. The summed E-state index contributed by atoms with van der Waals surface area (Å²) >= 11 is 0. The third-order valence-electron chi connectivity index (χ3n) is 9.87. The first kappa shape index (κ1) is 33.8. The van der Waals surface area contributed by atoms with Crippen LogP contribution in [-0.4, -0.2) is 49.4 Å². The van der Waals surface area contributed by atoms with E-state index in [0.717, 1.165) is 30.4 Å². The monoisotopic (exact) mass is 622 g/mol. The normalized spacial score (nSPS) is 29.5. The van der Waals surface area contributed by atoms with Gasteiger partial charge in [-0.1, -0.05) is 81.4 Å². The standard InChI is InChI=1S/C17H21NO4.C16H19NO4.C2H6/c1-11-13-8-14(11)17(9-13,15(19)21-2)18-16(20)22-10-12-6-4-3-5-7-12;1-20-14(18)16(9-12-7-13(16)8-12)17-15(19)21-10-11-5-3-2-4-6-11;1-2/h3-7,11,13-14H,8-10H2,1-2H3,(H,18,20);2-6,12-13H,7-10H2,1H3,(H,17,19);1-2H3. The highest BCUT2D eigenvalue weighted by Crippen LogP contribution is 2.59. The topological polar surface area (TPSA) is 129 Å². The maximum absolute atomic E-state index is 12.2. The number of rotatable bonds is 8. The van der Waals surface area contributed by atoms with Gasteiger partial charge in [0, 0.05) is 0 Å². The number of ether oxygens (including phenoxy) is 4. The molecule has 244 valence electrons. The molecule has 8 rings (SSSR count). The highest BCUT2D eigenvalue weighted by Gasteiger charge is 2.65. The Hall–Kier alpha value is -4.08. The maximum atomic E-state index is 12.2. The summed E-state index contributed by atoms with van der Waals surface area (Å²) < 4.78 is 20.3. The van der Waals surface area contributed by atoms with E-state index >= 15 is 0 Å². The zero-order valence-corrected chi connectivity index (χ0v) is 26.9. The van der Waals surface area contributed by atoms with Gasteiger partial charge in [0.1, 0.15) is 24.3 Å². The van der Waals surface area contributed by atoms with E-state index in [4.69, 9.17) is 18.9 Å². The molecule has 5 unspecified atom stereocenters. The van der Waals surface area contributed by atoms with Crippen molar-refractivity contribution >= 4 is 24.1 Å². The van der Waals surface area contributed by atoms with Crippen LogP contribution < -0.4 is 10.6 Å². The van der Waals surface area contributed by atoms with E-state index < -0.39 is 23.3 Å². The lowest BCUT2D eigenvalue weighted by Crippen LogP contribution is -2.57. The van der Waals surface area contributed by atoms with E-state index in [2.05, 4.69) is 17.6 Å². The fourth-order valence-corrected chi connectivity index (χ4v) is 7.43. The van der Waals surface area contributed by atoms with Crippen molar-refractivity contribution in [3.63, 3.8) is 0 Å². The number of benzene rings is 2. The van der Waals surface area contributed by atoms with Crippen LogP contribution in [0.2, 0.25) is 0 Å². The van der Waals surface area contributed by atoms with Gasteiger partial charge in [-0.3, -0.25) is 0 Å². The van der Waals surface area contributed by atoms with Crippen LogP contribution in [0.1, 0.15) is 64.0 Å². The minimum atomic E-state index is -0.910. The molecule has 2 aromatic carbocycles. The van der Waals surface area contributed by atoms with Crippen LogP contribution in [0.15, 0.2) is 60.7 Å². The van der Waals surface area contributed by atoms with Crippen LogP contribution in [0.4, 0.5) is 9.59 Å². The lowest BCUT2D eigenvalue weighted by atomic mass is 9.70. The summed E-state index contributed by atoms with van der Waals surface area (Å²) in [5.41, 5.74) is 0.0316. The molecule has 6 aliphatic rings. The number of methoxy groups -OCH3 is 2. The van der Waals surface area contributed by atoms with Crippen molar-refractivity contribution in [2.45, 2.75) is 77.2 Å². The molecule has 2 N–H and O–H groups in total. The summed E-state index contributed by atoms with van der Waals surface area (Å²) in [4.78, 5) is 48.5. The average molecular weight is 623 g/mol. The molecule has 0 heterocycles. The van der Waals surface area contributed by atoms with E-state index in [1.165, 1.54) is 14.2 Å². The fourth-order valence-electron chi connectivity index (χ4n) is 7.43. The second-order valence-electron chi connectivity index (χ2n) is 12.2. The quantitative estimate of drug-likeness (QED) is 0.280. The average Bonchev–Trinajstić information content (AvgIpc) is 3.80. The van der Waals surface area contributed by atoms with Crippen LogP contribution in [0, 0.1) is 29.6 Å². The lowest BCUT2D eigenvalue weighted by molar-refractivity contribution is -0.150. The SMILES string of the molecule is CC.COC(=O)C1(NC(=O)OCc2ccccc2)CC2CC1C2.COC(=O)C1(NC(=O)OCc2ccccc2)CC2CC1C2C. The smallest absolute Gasteiger partial charge is 0.408 e. The van der Waals surface area contributed by atoms with E-state index in [0.29, 0.717) is 30.6 Å². The molecular weight excluding hydrogens is 576 g/mol. The predicted molar refractivity (Wildman–Crippen MR) is 167 cm³/mol. The second kappa shape index (κ2) is 14.8. The number of carbonyl (C=O) groups excluding carboxylic acids is 4. The predicted octanol–water partition coefficient (Wildman–Crippen LogP) is 5.78. The second-order valence-corrected chi connectivity index (χ2v) is 12.2. The first-order valence-corrected chi connectivity index (χ1v) is 15.8. The van der Waals surface area contributed by atoms with Gasteiger partial charge in [0.15, 0.2) is 0 Å². The molecule has 0 radical (unpaired) electrons. The summed E-state index contributed by atoms with van der Waals surface area (Å²) in [5.74, 6) is 1.05. The van der Waals surface area contributed by atoms with Gasteiger partial charge in [0.2, 0.25) is 0 Å². The summed E-state index contributed by atoms with van der Waals surface area (Å²) in [7, 11) is 2.72. The van der Waals surface area contributed by atoms with Gasteiger partial charge >= 0.3 is 24.1 Å². The molecule has 0 aliphatic heterocycles. The van der Waals surface area contributed by atoms with Crippen molar-refractivity contribution in [1.82, 2.24) is 10.6 Å². The molecule has 6 aliphatic carbocycles. The number of esters is 2. The number of hydrogen-bond donors (Lipinski definition) is 2. The molecule has 2 amide bonds. The van der Waals surface area contributed by atoms with E-state index in [-0.39, 0.29) is 37.0 Å². The zero-order valence-electron chi connectivity index (χ0n) is 26.9. The summed E-state index contributed by atoms with van der Waals surface area (Å²) in [6.45, 7) is 6.51. The van der Waals surface area contributed by atoms with Crippen molar-refractivity contribution in [3.05, 3.63) is 71.8 Å². The van der Waals surface area contributed by atoms with E-state index in [1.807, 2.05) is 74.5 Å². The van der Waals surface area contributed by atoms with E-state index in [1.54, 1.807) is 0 Å².